The van der Waals surface area contributed by atoms with Crippen molar-refractivity contribution in [2.45, 2.75) is 45.2 Å². The molecule has 0 unspecified atom stereocenters. The summed E-state index contributed by atoms with van der Waals surface area (Å²) in [5.41, 5.74) is 2.82. The number of nitrogens with one attached hydrogen (secondary N) is 3. The van der Waals surface area contributed by atoms with Crippen LogP contribution in [-0.4, -0.2) is 31.4 Å². The second kappa shape index (κ2) is 12.0. The van der Waals surface area contributed by atoms with Crippen LogP contribution in [0.2, 0.25) is 0 Å². The van der Waals surface area contributed by atoms with Crippen LogP contribution in [0.3, 0.4) is 0 Å². The van der Waals surface area contributed by atoms with Gasteiger partial charge in [-0.25, -0.2) is 8.78 Å². The Bertz CT molecular complexity index is 838. The van der Waals surface area contributed by atoms with Crippen LogP contribution in [0.1, 0.15) is 36.0 Å². The first-order valence-electron chi connectivity index (χ1n) is 10.1. The van der Waals surface area contributed by atoms with Gasteiger partial charge in [0.1, 0.15) is 11.6 Å². The van der Waals surface area contributed by atoms with E-state index in [9.17, 15) is 18.4 Å². The zero-order chi connectivity index (χ0) is 21.9. The number of carbonyl (C=O) groups excluding carboxylic acids is 2. The Labute approximate surface area is 176 Å². The molecule has 2 amide bonds. The average Bonchev–Trinajstić information content (AvgIpc) is 2.68. The summed E-state index contributed by atoms with van der Waals surface area (Å²) in [6, 6.07) is 11.2. The second-order valence-corrected chi connectivity index (χ2v) is 7.37. The highest BCUT2D eigenvalue weighted by molar-refractivity contribution is 5.83. The summed E-state index contributed by atoms with van der Waals surface area (Å²) in [6.45, 7) is 3.34. The maximum atomic E-state index is 13.5. The first kappa shape index (κ1) is 23.5. The molecular formula is C23H29F2N3O2. The fraction of sp³-hybridized carbons (Fsp3) is 0.391. The lowest BCUT2D eigenvalue weighted by Gasteiger charge is -2.20. The highest BCUT2D eigenvalue weighted by Gasteiger charge is 2.15. The van der Waals surface area contributed by atoms with Crippen molar-refractivity contribution in [3.05, 3.63) is 70.8 Å². The van der Waals surface area contributed by atoms with Crippen molar-refractivity contribution < 1.29 is 18.4 Å². The maximum absolute atomic E-state index is 13.5. The van der Waals surface area contributed by atoms with Crippen molar-refractivity contribution in [1.29, 1.82) is 0 Å². The van der Waals surface area contributed by atoms with E-state index in [0.717, 1.165) is 11.6 Å². The zero-order valence-electron chi connectivity index (χ0n) is 17.4. The van der Waals surface area contributed by atoms with Crippen LogP contribution >= 0.6 is 0 Å². The molecule has 0 bridgehead atoms. The van der Waals surface area contributed by atoms with Crippen molar-refractivity contribution in [3.8, 4) is 0 Å². The molecule has 0 heterocycles. The van der Waals surface area contributed by atoms with E-state index in [4.69, 9.17) is 0 Å². The van der Waals surface area contributed by atoms with Gasteiger partial charge in [-0.05, 0) is 49.6 Å². The molecule has 0 saturated carbocycles. The van der Waals surface area contributed by atoms with Gasteiger partial charge in [0.15, 0.2) is 0 Å². The van der Waals surface area contributed by atoms with Crippen LogP contribution in [0, 0.1) is 18.6 Å². The van der Waals surface area contributed by atoms with Gasteiger partial charge in [0, 0.05) is 38.5 Å². The molecule has 0 spiro atoms. The predicted molar refractivity (Wildman–Crippen MR) is 113 cm³/mol. The Hall–Kier alpha value is -2.80. The van der Waals surface area contributed by atoms with Gasteiger partial charge in [-0.2, -0.15) is 0 Å². The molecule has 0 aliphatic heterocycles. The van der Waals surface area contributed by atoms with Crippen molar-refractivity contribution >= 4 is 11.8 Å². The van der Waals surface area contributed by atoms with Crippen LogP contribution in [0.25, 0.3) is 0 Å². The van der Waals surface area contributed by atoms with Crippen molar-refractivity contribution in [3.63, 3.8) is 0 Å². The second-order valence-electron chi connectivity index (χ2n) is 7.37. The Morgan fingerprint density at radius 3 is 2.33 bits per heavy atom. The van der Waals surface area contributed by atoms with E-state index in [-0.39, 0.29) is 30.7 Å². The molecule has 2 rings (SSSR count). The molecule has 7 heteroatoms. The van der Waals surface area contributed by atoms with E-state index in [1.165, 1.54) is 24.7 Å². The van der Waals surface area contributed by atoms with E-state index in [1.54, 1.807) is 0 Å². The van der Waals surface area contributed by atoms with Crippen molar-refractivity contribution in [1.82, 2.24) is 16.0 Å². The summed E-state index contributed by atoms with van der Waals surface area (Å²) in [5.74, 6) is -1.77. The van der Waals surface area contributed by atoms with Crippen LogP contribution in [0.5, 0.6) is 0 Å². The largest absolute Gasteiger partial charge is 0.359 e. The Balaban J connectivity index is 1.93. The van der Waals surface area contributed by atoms with Crippen LogP contribution in [0.15, 0.2) is 42.5 Å². The SMILES string of the molecule is CNC(=O)CCC(=O)N[C@H](CCNCc1cccc(C)c1)Cc1cc(F)cc(F)c1. The van der Waals surface area contributed by atoms with E-state index < -0.39 is 11.6 Å². The number of hydrogen-bond donors (Lipinski definition) is 3. The minimum absolute atomic E-state index is 0.0599. The third-order valence-corrected chi connectivity index (χ3v) is 4.71. The number of aryl methyl sites for hydroxylation is 1. The van der Waals surface area contributed by atoms with Crippen molar-refractivity contribution in [2.75, 3.05) is 13.6 Å². The standard InChI is InChI=1S/C23H29F2N3O2/c1-16-4-3-5-17(10-16)15-27-9-8-21(28-23(30)7-6-22(29)26-2)13-18-11-19(24)14-20(25)12-18/h3-5,10-12,14,21,27H,6-9,13,15H2,1-2H3,(H,26,29)(H,28,30)/t21-/m1/s1. The quantitative estimate of drug-likeness (QED) is 0.492. The predicted octanol–water partition coefficient (Wildman–Crippen LogP) is 3.01. The van der Waals surface area contributed by atoms with Crippen LogP contribution < -0.4 is 16.0 Å². The van der Waals surface area contributed by atoms with E-state index >= 15 is 0 Å². The van der Waals surface area contributed by atoms with Gasteiger partial charge in [0.25, 0.3) is 0 Å². The summed E-state index contributed by atoms with van der Waals surface area (Å²) < 4.78 is 27.1. The van der Waals surface area contributed by atoms with E-state index in [1.807, 2.05) is 25.1 Å². The monoisotopic (exact) mass is 417 g/mol. The van der Waals surface area contributed by atoms with Gasteiger partial charge in [0.05, 0.1) is 0 Å². The number of halogens is 2. The fourth-order valence-electron chi connectivity index (χ4n) is 3.22. The summed E-state index contributed by atoms with van der Waals surface area (Å²) in [5, 5.41) is 8.70. The van der Waals surface area contributed by atoms with Gasteiger partial charge >= 0.3 is 0 Å². The first-order valence-corrected chi connectivity index (χ1v) is 10.1. The highest BCUT2D eigenvalue weighted by Crippen LogP contribution is 2.12. The van der Waals surface area contributed by atoms with Gasteiger partial charge in [0.2, 0.25) is 11.8 Å². The lowest BCUT2D eigenvalue weighted by molar-refractivity contribution is -0.126. The lowest BCUT2D eigenvalue weighted by Crippen LogP contribution is -2.39. The molecule has 0 fully saturated rings. The molecule has 0 aromatic heterocycles. The molecule has 2 aromatic rings. The minimum Gasteiger partial charge on any atom is -0.359 e. The third kappa shape index (κ3) is 8.69. The Kier molecular flexibility index (Phi) is 9.41. The molecule has 0 aliphatic rings. The Morgan fingerprint density at radius 2 is 1.67 bits per heavy atom. The Morgan fingerprint density at radius 1 is 0.967 bits per heavy atom. The smallest absolute Gasteiger partial charge is 0.220 e. The molecule has 0 radical (unpaired) electrons. The molecular weight excluding hydrogens is 388 g/mol. The molecule has 5 nitrogen and oxygen atoms in total. The summed E-state index contributed by atoms with van der Waals surface area (Å²) >= 11 is 0. The number of amides is 2. The minimum atomic E-state index is -0.646. The molecule has 2 aromatic carbocycles. The third-order valence-electron chi connectivity index (χ3n) is 4.71. The van der Waals surface area contributed by atoms with Gasteiger partial charge in [-0.15, -0.1) is 0 Å². The van der Waals surface area contributed by atoms with Crippen molar-refractivity contribution in [2.24, 2.45) is 0 Å². The molecule has 162 valence electrons. The van der Waals surface area contributed by atoms with Gasteiger partial charge < -0.3 is 16.0 Å². The number of hydrogen-bond acceptors (Lipinski definition) is 3. The fourth-order valence-corrected chi connectivity index (χ4v) is 3.22. The molecule has 3 N–H and O–H groups in total. The van der Waals surface area contributed by atoms with E-state index in [0.29, 0.717) is 31.5 Å². The lowest BCUT2D eigenvalue weighted by atomic mass is 10.0. The van der Waals surface area contributed by atoms with Gasteiger partial charge in [-0.3, -0.25) is 9.59 Å². The summed E-state index contributed by atoms with van der Waals surface area (Å²) in [4.78, 5) is 23.6. The first-order chi connectivity index (χ1) is 14.4. The number of rotatable bonds is 11. The summed E-state index contributed by atoms with van der Waals surface area (Å²) in [7, 11) is 1.52. The zero-order valence-corrected chi connectivity index (χ0v) is 17.4. The van der Waals surface area contributed by atoms with E-state index in [2.05, 4.69) is 22.0 Å². The number of carbonyl (C=O) groups is 2. The summed E-state index contributed by atoms with van der Waals surface area (Å²) in [6.07, 6.45) is 1.03. The molecule has 1 atom stereocenters. The van der Waals surface area contributed by atoms with Gasteiger partial charge in [-0.1, -0.05) is 29.8 Å². The molecule has 0 aliphatic carbocycles. The normalized spacial score (nSPS) is 11.7. The molecule has 0 saturated heterocycles. The highest BCUT2D eigenvalue weighted by atomic mass is 19.1. The average molecular weight is 418 g/mol. The number of benzene rings is 2. The topological polar surface area (TPSA) is 70.2 Å². The maximum Gasteiger partial charge on any atom is 0.220 e. The van der Waals surface area contributed by atoms with Crippen LogP contribution in [-0.2, 0) is 22.6 Å². The van der Waals surface area contributed by atoms with Crippen LogP contribution in [0.4, 0.5) is 8.78 Å². The molecule has 30 heavy (non-hydrogen) atoms.